The molecular formula is C24H30N2O2. The Bertz CT molecular complexity index is 827. The Balaban J connectivity index is 1.78. The Morgan fingerprint density at radius 1 is 1.11 bits per heavy atom. The fourth-order valence-corrected chi connectivity index (χ4v) is 3.85. The van der Waals surface area contributed by atoms with Crippen molar-refractivity contribution in [1.29, 1.82) is 0 Å². The Labute approximate surface area is 168 Å². The monoisotopic (exact) mass is 378 g/mol. The van der Waals surface area contributed by atoms with E-state index in [9.17, 15) is 4.79 Å². The van der Waals surface area contributed by atoms with Crippen molar-refractivity contribution < 1.29 is 9.53 Å². The number of ether oxygens (including phenoxy) is 1. The highest BCUT2D eigenvalue weighted by atomic mass is 16.5. The summed E-state index contributed by atoms with van der Waals surface area (Å²) in [5.74, 6) is 0.623. The lowest BCUT2D eigenvalue weighted by Crippen LogP contribution is -2.36. The van der Waals surface area contributed by atoms with Gasteiger partial charge in [0.15, 0.2) is 5.78 Å². The van der Waals surface area contributed by atoms with E-state index in [2.05, 4.69) is 24.1 Å². The van der Waals surface area contributed by atoms with Crippen LogP contribution in [0, 0.1) is 0 Å². The highest BCUT2D eigenvalue weighted by Crippen LogP contribution is 2.25. The van der Waals surface area contributed by atoms with Crippen molar-refractivity contribution in [2.45, 2.75) is 45.1 Å². The van der Waals surface area contributed by atoms with Gasteiger partial charge in [0.1, 0.15) is 0 Å². The van der Waals surface area contributed by atoms with Gasteiger partial charge in [-0.25, -0.2) is 4.99 Å². The van der Waals surface area contributed by atoms with Gasteiger partial charge in [-0.1, -0.05) is 36.8 Å². The Morgan fingerprint density at radius 2 is 1.82 bits per heavy atom. The van der Waals surface area contributed by atoms with Crippen LogP contribution in [0.4, 0.5) is 5.69 Å². The van der Waals surface area contributed by atoms with Gasteiger partial charge in [0, 0.05) is 17.2 Å². The molecule has 0 aromatic heterocycles. The number of para-hydroxylation sites is 1. The minimum atomic E-state index is 0.0560. The third kappa shape index (κ3) is 5.08. The van der Waals surface area contributed by atoms with E-state index < -0.39 is 0 Å². The van der Waals surface area contributed by atoms with E-state index in [1.165, 1.54) is 31.4 Å². The first-order chi connectivity index (χ1) is 13.6. The number of aryl methyl sites for hydroxylation is 1. The van der Waals surface area contributed by atoms with Crippen LogP contribution in [-0.4, -0.2) is 43.3 Å². The van der Waals surface area contributed by atoms with Crippen molar-refractivity contribution in [3.63, 3.8) is 0 Å². The summed E-state index contributed by atoms with van der Waals surface area (Å²) in [5, 5.41) is 0. The fraction of sp³-hybridized carbons (Fsp3) is 0.417. The molecule has 28 heavy (non-hydrogen) atoms. The van der Waals surface area contributed by atoms with E-state index in [0.29, 0.717) is 17.5 Å². The molecule has 1 aliphatic heterocycles. The molecule has 1 unspecified atom stereocenters. The average Bonchev–Trinajstić information content (AvgIpc) is 2.72. The maximum absolute atomic E-state index is 11.5. The van der Waals surface area contributed by atoms with Crippen molar-refractivity contribution in [2.75, 3.05) is 20.7 Å². The van der Waals surface area contributed by atoms with Crippen LogP contribution in [0.15, 0.2) is 53.5 Å². The van der Waals surface area contributed by atoms with Crippen molar-refractivity contribution in [3.05, 3.63) is 65.2 Å². The second kappa shape index (κ2) is 9.65. The number of likely N-dealkylation sites (tertiary alicyclic amines) is 1. The molecule has 0 bridgehead atoms. The van der Waals surface area contributed by atoms with Crippen molar-refractivity contribution in [3.8, 4) is 0 Å². The lowest BCUT2D eigenvalue weighted by molar-refractivity contribution is 0.101. The zero-order valence-corrected chi connectivity index (χ0v) is 17.1. The molecule has 148 valence electrons. The molecule has 0 N–H and O–H groups in total. The summed E-state index contributed by atoms with van der Waals surface area (Å²) in [7, 11) is 3.87. The summed E-state index contributed by atoms with van der Waals surface area (Å²) in [6.45, 7) is 2.77. The van der Waals surface area contributed by atoms with Crippen molar-refractivity contribution in [1.82, 2.24) is 4.90 Å². The van der Waals surface area contributed by atoms with Crippen LogP contribution >= 0.6 is 0 Å². The van der Waals surface area contributed by atoms with Gasteiger partial charge in [0.2, 0.25) is 5.90 Å². The third-order valence-electron chi connectivity index (χ3n) is 5.61. The van der Waals surface area contributed by atoms with Gasteiger partial charge in [0.25, 0.3) is 0 Å². The number of methoxy groups -OCH3 is 1. The van der Waals surface area contributed by atoms with E-state index in [4.69, 9.17) is 9.73 Å². The van der Waals surface area contributed by atoms with Crippen LogP contribution in [0.5, 0.6) is 0 Å². The maximum atomic E-state index is 11.5. The van der Waals surface area contributed by atoms with Gasteiger partial charge >= 0.3 is 0 Å². The first kappa shape index (κ1) is 20.3. The van der Waals surface area contributed by atoms with E-state index in [-0.39, 0.29) is 5.78 Å². The number of hydrogen-bond acceptors (Lipinski definition) is 4. The van der Waals surface area contributed by atoms with Crippen LogP contribution in [0.3, 0.4) is 0 Å². The Hall–Kier alpha value is -2.46. The number of rotatable bonds is 6. The Kier molecular flexibility index (Phi) is 6.99. The lowest BCUT2D eigenvalue weighted by Gasteiger charge is -2.32. The summed E-state index contributed by atoms with van der Waals surface area (Å²) >= 11 is 0. The first-order valence-electron chi connectivity index (χ1n) is 10.1. The van der Waals surface area contributed by atoms with Gasteiger partial charge < -0.3 is 9.64 Å². The molecule has 1 saturated heterocycles. The van der Waals surface area contributed by atoms with Crippen LogP contribution in [-0.2, 0) is 11.2 Å². The normalized spacial score (nSPS) is 18.1. The van der Waals surface area contributed by atoms with E-state index >= 15 is 0 Å². The fourth-order valence-electron chi connectivity index (χ4n) is 3.85. The van der Waals surface area contributed by atoms with Crippen LogP contribution in [0.1, 0.15) is 54.1 Å². The predicted octanol–water partition coefficient (Wildman–Crippen LogP) is 5.03. The zero-order chi connectivity index (χ0) is 19.9. The number of Topliss-reactive ketones (excluding diaryl/α,β-unsaturated/α-hetero) is 1. The molecule has 4 nitrogen and oxygen atoms in total. The van der Waals surface area contributed by atoms with Gasteiger partial charge in [0.05, 0.1) is 12.8 Å². The molecule has 0 aliphatic carbocycles. The number of carbonyl (C=O) groups is 1. The number of carbonyl (C=O) groups excluding carboxylic acids is 1. The number of nitrogens with zero attached hydrogens (tertiary/aromatic N) is 2. The first-order valence-corrected chi connectivity index (χ1v) is 10.1. The molecule has 1 aliphatic rings. The summed E-state index contributed by atoms with van der Waals surface area (Å²) in [6.07, 6.45) is 6.09. The Morgan fingerprint density at radius 3 is 2.50 bits per heavy atom. The minimum Gasteiger partial charge on any atom is -0.481 e. The quantitative estimate of drug-likeness (QED) is 0.402. The van der Waals surface area contributed by atoms with Gasteiger partial charge in [-0.3, -0.25) is 4.79 Å². The summed E-state index contributed by atoms with van der Waals surface area (Å²) in [5.41, 5.74) is 3.76. The molecule has 2 aromatic rings. The van der Waals surface area contributed by atoms with Gasteiger partial charge in [-0.2, -0.15) is 0 Å². The maximum Gasteiger partial charge on any atom is 0.221 e. The highest BCUT2D eigenvalue weighted by Gasteiger charge is 2.19. The van der Waals surface area contributed by atoms with E-state index in [0.717, 1.165) is 24.1 Å². The smallest absolute Gasteiger partial charge is 0.221 e. The van der Waals surface area contributed by atoms with E-state index in [1.54, 1.807) is 14.0 Å². The molecule has 0 saturated carbocycles. The summed E-state index contributed by atoms with van der Waals surface area (Å²) in [4.78, 5) is 18.8. The van der Waals surface area contributed by atoms with Crippen LogP contribution in [0.25, 0.3) is 0 Å². The molecule has 4 heteroatoms. The summed E-state index contributed by atoms with van der Waals surface area (Å²) < 4.78 is 5.56. The predicted molar refractivity (Wildman–Crippen MR) is 115 cm³/mol. The molecule has 0 radical (unpaired) electrons. The largest absolute Gasteiger partial charge is 0.481 e. The molecule has 0 spiro atoms. The second-order valence-electron chi connectivity index (χ2n) is 7.55. The third-order valence-corrected chi connectivity index (χ3v) is 5.61. The highest BCUT2D eigenvalue weighted by molar-refractivity contribution is 5.98. The van der Waals surface area contributed by atoms with Gasteiger partial charge in [-0.15, -0.1) is 0 Å². The summed E-state index contributed by atoms with van der Waals surface area (Å²) in [6, 6.07) is 16.4. The van der Waals surface area contributed by atoms with Crippen molar-refractivity contribution in [2.24, 2.45) is 4.99 Å². The molecule has 2 aromatic carbocycles. The zero-order valence-electron chi connectivity index (χ0n) is 17.1. The molecule has 1 atom stereocenters. The number of benzene rings is 2. The number of ketones is 1. The van der Waals surface area contributed by atoms with E-state index in [1.807, 2.05) is 36.4 Å². The number of piperidine rings is 1. The average molecular weight is 379 g/mol. The number of aliphatic imine (C=N–C) groups is 1. The van der Waals surface area contributed by atoms with Crippen LogP contribution < -0.4 is 0 Å². The molecule has 3 rings (SSSR count). The topological polar surface area (TPSA) is 41.9 Å². The molecular weight excluding hydrogens is 348 g/mol. The van der Waals surface area contributed by atoms with Crippen LogP contribution in [0.2, 0.25) is 0 Å². The second-order valence-corrected chi connectivity index (χ2v) is 7.55. The van der Waals surface area contributed by atoms with Crippen molar-refractivity contribution >= 4 is 17.4 Å². The molecule has 1 heterocycles. The molecule has 0 amide bonds. The van der Waals surface area contributed by atoms with Gasteiger partial charge in [-0.05, 0) is 70.0 Å². The standard InChI is InChI=1S/C24H30N2O2/c1-18(27)19-11-13-21(14-12-19)24(28-3)25-23-10-5-4-8-20(23)15-16-22-9-6-7-17-26(22)2/h4-5,8,10-14,22H,6-7,9,15-17H2,1-3H3/b25-24-. The minimum absolute atomic E-state index is 0.0560. The molecule has 1 fully saturated rings. The number of hydrogen-bond donors (Lipinski definition) is 0. The SMILES string of the molecule is CO/C(=N\c1ccccc1CCC1CCCCN1C)c1ccc(C(C)=O)cc1. The lowest BCUT2D eigenvalue weighted by atomic mass is 9.96.